The van der Waals surface area contributed by atoms with Gasteiger partial charge in [-0.05, 0) is 64.1 Å². The summed E-state index contributed by atoms with van der Waals surface area (Å²) in [5, 5.41) is 5.05. The third-order valence-electron chi connectivity index (χ3n) is 4.28. The average molecular weight is 469 g/mol. The van der Waals surface area contributed by atoms with Gasteiger partial charge in [-0.25, -0.2) is 9.48 Å². The number of esters is 1. The molecule has 0 bridgehead atoms. The molecule has 0 atom stereocenters. The molecule has 3 aromatic rings. The van der Waals surface area contributed by atoms with Gasteiger partial charge in [-0.2, -0.15) is 18.3 Å². The van der Waals surface area contributed by atoms with Crippen LogP contribution >= 0.6 is 23.4 Å². The van der Waals surface area contributed by atoms with Gasteiger partial charge in [-0.1, -0.05) is 35.5 Å². The SMILES string of the molecule is Cc1nn(C(C)(C)C)c(OC(=O)c2ccccc2C(F)(F)F)c1Sc1ccc(Cl)cc1. The fourth-order valence-electron chi connectivity index (χ4n) is 2.83. The number of carbonyl (C=O) groups excluding carboxylic acids is 1. The molecule has 0 N–H and O–H groups in total. The molecule has 2 aromatic carbocycles. The largest absolute Gasteiger partial charge is 0.417 e. The van der Waals surface area contributed by atoms with Gasteiger partial charge in [-0.3, -0.25) is 0 Å². The van der Waals surface area contributed by atoms with Gasteiger partial charge >= 0.3 is 12.1 Å². The van der Waals surface area contributed by atoms with E-state index in [9.17, 15) is 18.0 Å². The predicted octanol–water partition coefficient (Wildman–Crippen LogP) is 6.99. The summed E-state index contributed by atoms with van der Waals surface area (Å²) >= 11 is 7.23. The van der Waals surface area contributed by atoms with Gasteiger partial charge in [-0.15, -0.1) is 0 Å². The summed E-state index contributed by atoms with van der Waals surface area (Å²) in [6.45, 7) is 7.33. The summed E-state index contributed by atoms with van der Waals surface area (Å²) in [6, 6.07) is 11.6. The first-order valence-electron chi connectivity index (χ1n) is 9.30. The second-order valence-corrected chi connectivity index (χ2v) is 9.31. The monoisotopic (exact) mass is 468 g/mol. The molecule has 0 spiro atoms. The third-order valence-corrected chi connectivity index (χ3v) is 5.71. The molecule has 0 unspecified atom stereocenters. The molecule has 0 radical (unpaired) electrons. The Morgan fingerprint density at radius 1 is 1.06 bits per heavy atom. The van der Waals surface area contributed by atoms with Crippen molar-refractivity contribution < 1.29 is 22.7 Å². The van der Waals surface area contributed by atoms with Crippen LogP contribution in [-0.4, -0.2) is 15.7 Å². The van der Waals surface area contributed by atoms with Crippen LogP contribution < -0.4 is 4.74 Å². The van der Waals surface area contributed by atoms with E-state index in [4.69, 9.17) is 16.3 Å². The van der Waals surface area contributed by atoms with E-state index in [0.29, 0.717) is 15.6 Å². The molecule has 0 amide bonds. The topological polar surface area (TPSA) is 44.1 Å². The van der Waals surface area contributed by atoms with Crippen molar-refractivity contribution in [3.05, 3.63) is 70.4 Å². The smallest absolute Gasteiger partial charge is 0.403 e. The van der Waals surface area contributed by atoms with Crippen LogP contribution in [0.2, 0.25) is 5.02 Å². The highest BCUT2D eigenvalue weighted by Gasteiger charge is 2.36. The zero-order valence-corrected chi connectivity index (χ0v) is 18.8. The molecule has 0 aliphatic heterocycles. The molecule has 1 aromatic heterocycles. The van der Waals surface area contributed by atoms with Crippen molar-refractivity contribution in [2.45, 2.75) is 49.2 Å². The van der Waals surface area contributed by atoms with E-state index in [0.717, 1.165) is 17.0 Å². The van der Waals surface area contributed by atoms with Crippen LogP contribution in [0.25, 0.3) is 0 Å². The first-order chi connectivity index (χ1) is 14.4. The molecule has 0 saturated heterocycles. The Kier molecular flexibility index (Phi) is 6.43. The lowest BCUT2D eigenvalue weighted by Gasteiger charge is -2.22. The Hall–Kier alpha value is -2.45. The number of hydrogen-bond acceptors (Lipinski definition) is 4. The second-order valence-electron chi connectivity index (χ2n) is 7.79. The zero-order valence-electron chi connectivity index (χ0n) is 17.2. The Bertz CT molecular complexity index is 1100. The summed E-state index contributed by atoms with van der Waals surface area (Å²) in [7, 11) is 0. The van der Waals surface area contributed by atoms with Crippen LogP contribution in [0, 0.1) is 6.92 Å². The number of aromatic nitrogens is 2. The normalized spacial score (nSPS) is 12.1. The van der Waals surface area contributed by atoms with Crippen molar-refractivity contribution in [2.75, 3.05) is 0 Å². The van der Waals surface area contributed by atoms with Gasteiger partial charge in [0.15, 0.2) is 0 Å². The van der Waals surface area contributed by atoms with Crippen molar-refractivity contribution in [3.8, 4) is 5.88 Å². The van der Waals surface area contributed by atoms with Crippen molar-refractivity contribution >= 4 is 29.3 Å². The van der Waals surface area contributed by atoms with Crippen molar-refractivity contribution in [3.63, 3.8) is 0 Å². The predicted molar refractivity (Wildman–Crippen MR) is 114 cm³/mol. The molecule has 1 heterocycles. The van der Waals surface area contributed by atoms with Crippen LogP contribution in [0.1, 0.15) is 42.4 Å². The number of nitrogens with zero attached hydrogens (tertiary/aromatic N) is 2. The molecule has 0 saturated carbocycles. The molecule has 31 heavy (non-hydrogen) atoms. The third kappa shape index (κ3) is 5.25. The van der Waals surface area contributed by atoms with Crippen LogP contribution in [0.3, 0.4) is 0 Å². The van der Waals surface area contributed by atoms with Gasteiger partial charge in [0.25, 0.3) is 0 Å². The fourth-order valence-corrected chi connectivity index (χ4v) is 3.86. The highest BCUT2D eigenvalue weighted by Crippen LogP contribution is 2.41. The Labute approximate surface area is 187 Å². The molecule has 0 aliphatic rings. The Balaban J connectivity index is 2.05. The van der Waals surface area contributed by atoms with Gasteiger partial charge in [0.05, 0.1) is 27.3 Å². The molecular weight excluding hydrogens is 449 g/mol. The summed E-state index contributed by atoms with van der Waals surface area (Å²) in [5.74, 6) is -1.01. The maximum Gasteiger partial charge on any atom is 0.417 e. The van der Waals surface area contributed by atoms with Crippen molar-refractivity contribution in [2.24, 2.45) is 0 Å². The van der Waals surface area contributed by atoms with Crippen molar-refractivity contribution in [1.29, 1.82) is 0 Å². The summed E-state index contributed by atoms with van der Waals surface area (Å²) in [4.78, 5) is 14.2. The minimum atomic E-state index is -4.68. The molecular formula is C22H20ClF3N2O2S. The van der Waals surface area contributed by atoms with E-state index in [1.54, 1.807) is 31.2 Å². The minimum absolute atomic E-state index is 0.0897. The van der Waals surface area contributed by atoms with Crippen LogP contribution in [0.4, 0.5) is 13.2 Å². The first-order valence-corrected chi connectivity index (χ1v) is 10.5. The lowest BCUT2D eigenvalue weighted by atomic mass is 10.1. The molecule has 164 valence electrons. The first kappa shape index (κ1) is 23.2. The lowest BCUT2D eigenvalue weighted by molar-refractivity contribution is -0.138. The van der Waals surface area contributed by atoms with Crippen LogP contribution in [-0.2, 0) is 11.7 Å². The zero-order chi connectivity index (χ0) is 23.0. The average Bonchev–Trinajstić information content (AvgIpc) is 2.99. The molecule has 0 fully saturated rings. The number of halogens is 4. The van der Waals surface area contributed by atoms with Gasteiger partial charge < -0.3 is 4.74 Å². The van der Waals surface area contributed by atoms with Gasteiger partial charge in [0.1, 0.15) is 0 Å². The second kappa shape index (κ2) is 8.59. The minimum Gasteiger partial charge on any atom is -0.403 e. The van der Waals surface area contributed by atoms with Crippen LogP contribution in [0.15, 0.2) is 58.3 Å². The number of hydrogen-bond donors (Lipinski definition) is 0. The van der Waals surface area contributed by atoms with E-state index in [-0.39, 0.29) is 5.88 Å². The Morgan fingerprint density at radius 2 is 1.68 bits per heavy atom. The van der Waals surface area contributed by atoms with E-state index in [1.807, 2.05) is 20.8 Å². The number of alkyl halides is 3. The van der Waals surface area contributed by atoms with Gasteiger partial charge in [0.2, 0.25) is 5.88 Å². The number of ether oxygens (including phenoxy) is 1. The van der Waals surface area contributed by atoms with E-state index >= 15 is 0 Å². The Morgan fingerprint density at radius 3 is 2.26 bits per heavy atom. The molecule has 9 heteroatoms. The highest BCUT2D eigenvalue weighted by atomic mass is 35.5. The number of benzene rings is 2. The number of carbonyl (C=O) groups is 1. The van der Waals surface area contributed by atoms with Gasteiger partial charge in [0, 0.05) is 9.92 Å². The quantitative estimate of drug-likeness (QED) is 0.387. The molecule has 3 rings (SSSR count). The van der Waals surface area contributed by atoms with E-state index < -0.39 is 28.8 Å². The number of aryl methyl sites for hydroxylation is 1. The summed E-state index contributed by atoms with van der Waals surface area (Å²) in [6.07, 6.45) is -4.68. The van der Waals surface area contributed by atoms with Crippen LogP contribution in [0.5, 0.6) is 5.88 Å². The molecule has 0 aliphatic carbocycles. The lowest BCUT2D eigenvalue weighted by Crippen LogP contribution is -2.26. The van der Waals surface area contributed by atoms with Crippen molar-refractivity contribution in [1.82, 2.24) is 9.78 Å². The van der Waals surface area contributed by atoms with E-state index in [2.05, 4.69) is 5.10 Å². The van der Waals surface area contributed by atoms with E-state index in [1.165, 1.54) is 28.6 Å². The summed E-state index contributed by atoms with van der Waals surface area (Å²) in [5.41, 5.74) is -1.60. The number of rotatable bonds is 4. The fraction of sp³-hybridized carbons (Fsp3) is 0.273. The standard InChI is InChI=1S/C22H20ClF3N2O2S/c1-13-18(31-15-11-9-14(23)10-12-15)19(28(27-13)21(2,3)4)30-20(29)16-7-5-6-8-17(16)22(24,25)26/h5-12H,1-4H3. The maximum atomic E-state index is 13.4. The molecule has 4 nitrogen and oxygen atoms in total. The highest BCUT2D eigenvalue weighted by molar-refractivity contribution is 7.99. The summed E-state index contributed by atoms with van der Waals surface area (Å²) < 4.78 is 47.2. The maximum absolute atomic E-state index is 13.4.